The van der Waals surface area contributed by atoms with Crippen LogP contribution in [0.4, 0.5) is 5.69 Å². The third-order valence-electron chi connectivity index (χ3n) is 3.94. The summed E-state index contributed by atoms with van der Waals surface area (Å²) in [5, 5.41) is 15.9. The largest absolute Gasteiger partial charge is 0.346 e. The zero-order valence-corrected chi connectivity index (χ0v) is 13.1. The molecular weight excluding hydrogens is 304 g/mol. The molecule has 0 bridgehead atoms. The van der Waals surface area contributed by atoms with Crippen LogP contribution in [0.1, 0.15) is 28.9 Å². The summed E-state index contributed by atoms with van der Waals surface area (Å²) in [5.41, 5.74) is 1.16. The van der Waals surface area contributed by atoms with E-state index >= 15 is 0 Å². The van der Waals surface area contributed by atoms with Gasteiger partial charge in [-0.05, 0) is 35.4 Å². The Kier molecular flexibility index (Phi) is 4.24. The first kappa shape index (κ1) is 15.7. The van der Waals surface area contributed by atoms with Crippen molar-refractivity contribution in [1.82, 2.24) is 5.32 Å². The molecule has 3 rings (SSSR count). The molecule has 1 amide bonds. The summed E-state index contributed by atoms with van der Waals surface area (Å²) in [6, 6.07) is 19.5. The van der Waals surface area contributed by atoms with Crippen molar-refractivity contribution in [3.05, 3.63) is 88.0 Å². The molecule has 3 aromatic carbocycles. The Morgan fingerprint density at radius 2 is 1.75 bits per heavy atom. The van der Waals surface area contributed by atoms with Gasteiger partial charge in [0, 0.05) is 17.7 Å². The summed E-state index contributed by atoms with van der Waals surface area (Å²) in [5.74, 6) is -0.334. The number of nitro groups is 1. The van der Waals surface area contributed by atoms with Crippen molar-refractivity contribution in [2.75, 3.05) is 0 Å². The quantitative estimate of drug-likeness (QED) is 0.577. The molecule has 0 radical (unpaired) electrons. The molecule has 0 aliphatic heterocycles. The fourth-order valence-electron chi connectivity index (χ4n) is 2.60. The number of non-ortho nitro benzene ring substituents is 1. The molecule has 5 heteroatoms. The van der Waals surface area contributed by atoms with Crippen LogP contribution in [0.2, 0.25) is 0 Å². The molecule has 5 nitrogen and oxygen atoms in total. The molecule has 1 unspecified atom stereocenters. The zero-order chi connectivity index (χ0) is 17.1. The van der Waals surface area contributed by atoms with Gasteiger partial charge in [0.05, 0.1) is 11.0 Å². The predicted octanol–water partition coefficient (Wildman–Crippen LogP) is 4.24. The lowest BCUT2D eigenvalue weighted by Crippen LogP contribution is -2.26. The lowest BCUT2D eigenvalue weighted by molar-refractivity contribution is -0.384. The van der Waals surface area contributed by atoms with Crippen LogP contribution in [0.5, 0.6) is 0 Å². The minimum atomic E-state index is -0.510. The molecule has 0 fully saturated rings. The standard InChI is InChI=1S/C19H16N2O3/c1-13(15-10-9-14-5-2-3-6-16(14)11-15)20-19(22)17-7-4-8-18(12-17)21(23)24/h2-13H,1H3,(H,20,22). The highest BCUT2D eigenvalue weighted by molar-refractivity contribution is 5.95. The number of nitrogens with zero attached hydrogens (tertiary/aromatic N) is 1. The van der Waals surface area contributed by atoms with Crippen LogP contribution in [0.25, 0.3) is 10.8 Å². The summed E-state index contributed by atoms with van der Waals surface area (Å²) in [6.07, 6.45) is 0. The Hall–Kier alpha value is -3.21. The van der Waals surface area contributed by atoms with Gasteiger partial charge in [0.1, 0.15) is 0 Å². The minimum Gasteiger partial charge on any atom is -0.346 e. The summed E-state index contributed by atoms with van der Waals surface area (Å²) in [7, 11) is 0. The van der Waals surface area contributed by atoms with E-state index in [2.05, 4.69) is 5.32 Å². The van der Waals surface area contributed by atoms with E-state index in [1.54, 1.807) is 6.07 Å². The second kappa shape index (κ2) is 6.50. The second-order valence-electron chi connectivity index (χ2n) is 5.61. The highest BCUT2D eigenvalue weighted by Crippen LogP contribution is 2.21. The van der Waals surface area contributed by atoms with E-state index in [4.69, 9.17) is 0 Å². The average molecular weight is 320 g/mol. The fourth-order valence-corrected chi connectivity index (χ4v) is 2.60. The van der Waals surface area contributed by atoms with Crippen LogP contribution in [0.15, 0.2) is 66.7 Å². The SMILES string of the molecule is CC(NC(=O)c1cccc([N+](=O)[O-])c1)c1ccc2ccccc2c1. The average Bonchev–Trinajstić information content (AvgIpc) is 2.61. The van der Waals surface area contributed by atoms with Crippen LogP contribution in [0, 0.1) is 10.1 Å². The Bertz CT molecular complexity index is 921. The number of nitro benzene ring substituents is 1. The number of amides is 1. The first-order chi connectivity index (χ1) is 11.5. The topological polar surface area (TPSA) is 72.2 Å². The molecule has 1 N–H and O–H groups in total. The maximum atomic E-state index is 12.3. The zero-order valence-electron chi connectivity index (χ0n) is 13.1. The Balaban J connectivity index is 1.80. The molecule has 120 valence electrons. The monoisotopic (exact) mass is 320 g/mol. The predicted molar refractivity (Wildman–Crippen MR) is 92.9 cm³/mol. The smallest absolute Gasteiger partial charge is 0.270 e. The first-order valence-electron chi connectivity index (χ1n) is 7.58. The summed E-state index contributed by atoms with van der Waals surface area (Å²) >= 11 is 0. The van der Waals surface area contributed by atoms with Crippen molar-refractivity contribution < 1.29 is 9.72 Å². The molecule has 1 atom stereocenters. The fraction of sp³-hybridized carbons (Fsp3) is 0.105. The number of nitrogens with one attached hydrogen (secondary N) is 1. The highest BCUT2D eigenvalue weighted by atomic mass is 16.6. The molecule has 0 spiro atoms. The maximum Gasteiger partial charge on any atom is 0.270 e. The van der Waals surface area contributed by atoms with Crippen molar-refractivity contribution >= 4 is 22.4 Å². The Morgan fingerprint density at radius 1 is 1.00 bits per heavy atom. The van der Waals surface area contributed by atoms with Gasteiger partial charge in [-0.2, -0.15) is 0 Å². The molecule has 24 heavy (non-hydrogen) atoms. The summed E-state index contributed by atoms with van der Waals surface area (Å²) < 4.78 is 0. The lowest BCUT2D eigenvalue weighted by Gasteiger charge is -2.15. The summed E-state index contributed by atoms with van der Waals surface area (Å²) in [6.45, 7) is 1.89. The molecule has 0 aromatic heterocycles. The van der Waals surface area contributed by atoms with E-state index in [0.29, 0.717) is 0 Å². The minimum absolute atomic E-state index is 0.0963. The van der Waals surface area contributed by atoms with Crippen molar-refractivity contribution in [3.8, 4) is 0 Å². The van der Waals surface area contributed by atoms with E-state index in [1.165, 1.54) is 18.2 Å². The van der Waals surface area contributed by atoms with Crippen molar-refractivity contribution in [1.29, 1.82) is 0 Å². The number of carbonyl (C=O) groups excluding carboxylic acids is 1. The van der Waals surface area contributed by atoms with Gasteiger partial charge in [0.15, 0.2) is 0 Å². The third kappa shape index (κ3) is 3.25. The van der Waals surface area contributed by atoms with Gasteiger partial charge >= 0.3 is 0 Å². The van der Waals surface area contributed by atoms with Crippen molar-refractivity contribution in [2.24, 2.45) is 0 Å². The number of hydrogen-bond donors (Lipinski definition) is 1. The number of carbonyl (C=O) groups is 1. The number of rotatable bonds is 4. The van der Waals surface area contributed by atoms with Gasteiger partial charge in [-0.15, -0.1) is 0 Å². The van der Waals surface area contributed by atoms with Crippen LogP contribution in [0.3, 0.4) is 0 Å². The number of benzene rings is 3. The van der Waals surface area contributed by atoms with Gasteiger partial charge in [-0.3, -0.25) is 14.9 Å². The van der Waals surface area contributed by atoms with Crippen LogP contribution in [-0.2, 0) is 0 Å². The highest BCUT2D eigenvalue weighted by Gasteiger charge is 2.14. The van der Waals surface area contributed by atoms with Crippen molar-refractivity contribution in [2.45, 2.75) is 13.0 Å². The van der Waals surface area contributed by atoms with E-state index in [1.807, 2.05) is 49.4 Å². The second-order valence-corrected chi connectivity index (χ2v) is 5.61. The summed E-state index contributed by atoms with van der Waals surface area (Å²) in [4.78, 5) is 22.6. The van der Waals surface area contributed by atoms with Crippen molar-refractivity contribution in [3.63, 3.8) is 0 Å². The molecular formula is C19H16N2O3. The van der Waals surface area contributed by atoms with Crippen LogP contribution in [-0.4, -0.2) is 10.8 Å². The Morgan fingerprint density at radius 3 is 2.50 bits per heavy atom. The Labute approximate surface area is 139 Å². The van der Waals surface area contributed by atoms with E-state index in [0.717, 1.165) is 16.3 Å². The molecule has 0 saturated carbocycles. The number of hydrogen-bond acceptors (Lipinski definition) is 3. The third-order valence-corrected chi connectivity index (χ3v) is 3.94. The van der Waals surface area contributed by atoms with E-state index in [9.17, 15) is 14.9 Å². The first-order valence-corrected chi connectivity index (χ1v) is 7.58. The van der Waals surface area contributed by atoms with Gasteiger partial charge in [-0.1, -0.05) is 42.5 Å². The van der Waals surface area contributed by atoms with Gasteiger partial charge in [0.25, 0.3) is 11.6 Å². The normalized spacial score (nSPS) is 11.9. The van der Waals surface area contributed by atoms with Crippen LogP contribution >= 0.6 is 0 Å². The lowest BCUT2D eigenvalue weighted by atomic mass is 10.0. The van der Waals surface area contributed by atoms with E-state index in [-0.39, 0.29) is 23.2 Å². The van der Waals surface area contributed by atoms with E-state index < -0.39 is 4.92 Å². The molecule has 0 heterocycles. The molecule has 0 saturated heterocycles. The molecule has 0 aliphatic carbocycles. The maximum absolute atomic E-state index is 12.3. The number of fused-ring (bicyclic) bond motifs is 1. The molecule has 3 aromatic rings. The molecule has 0 aliphatic rings. The van der Waals surface area contributed by atoms with Gasteiger partial charge < -0.3 is 5.32 Å². The van der Waals surface area contributed by atoms with Gasteiger partial charge in [-0.25, -0.2) is 0 Å². The van der Waals surface area contributed by atoms with Gasteiger partial charge in [0.2, 0.25) is 0 Å². The van der Waals surface area contributed by atoms with Crippen LogP contribution < -0.4 is 5.32 Å².